The summed E-state index contributed by atoms with van der Waals surface area (Å²) < 4.78 is 2.95. The highest BCUT2D eigenvalue weighted by Gasteiger charge is 1.92. The molecule has 1 nitrogen and oxygen atoms in total. The van der Waals surface area contributed by atoms with Crippen LogP contribution < -0.4 is 4.72 Å². The summed E-state index contributed by atoms with van der Waals surface area (Å²) in [5.41, 5.74) is 7.41. The van der Waals surface area contributed by atoms with Gasteiger partial charge in [0.15, 0.2) is 0 Å². The Labute approximate surface area is 72.2 Å². The Morgan fingerprint density at radius 2 is 2.27 bits per heavy atom. The van der Waals surface area contributed by atoms with Gasteiger partial charge in [-0.15, -0.1) is 0 Å². The molecule has 0 heterocycles. The molecule has 0 bridgehead atoms. The van der Waals surface area contributed by atoms with Crippen LogP contribution in [-0.2, 0) is 0 Å². The van der Waals surface area contributed by atoms with Crippen molar-refractivity contribution in [3.05, 3.63) is 36.1 Å². The van der Waals surface area contributed by atoms with Crippen molar-refractivity contribution in [2.75, 3.05) is 0 Å². The van der Waals surface area contributed by atoms with Crippen LogP contribution in [0.1, 0.15) is 13.8 Å². The van der Waals surface area contributed by atoms with Gasteiger partial charge >= 0.3 is 0 Å². The molecular formula is C9H13NS. The van der Waals surface area contributed by atoms with Crippen molar-refractivity contribution in [1.29, 1.82) is 0 Å². The van der Waals surface area contributed by atoms with Crippen LogP contribution in [0.2, 0.25) is 0 Å². The van der Waals surface area contributed by atoms with Crippen molar-refractivity contribution < 1.29 is 0 Å². The monoisotopic (exact) mass is 167 g/mol. The predicted octanol–water partition coefficient (Wildman–Crippen LogP) is 2.85. The average Bonchev–Trinajstić information content (AvgIpc) is 2.03. The lowest BCUT2D eigenvalue weighted by Crippen LogP contribution is -2.00. The van der Waals surface area contributed by atoms with E-state index < -0.39 is 0 Å². The highest BCUT2D eigenvalue weighted by atomic mass is 32.1. The van der Waals surface area contributed by atoms with E-state index >= 15 is 0 Å². The topological polar surface area (TPSA) is 12.0 Å². The molecule has 0 aromatic carbocycles. The molecule has 60 valence electrons. The number of allylic oxidation sites excluding steroid dienone is 4. The molecule has 0 aliphatic carbocycles. The fourth-order valence-electron chi connectivity index (χ4n) is 0.583. The molecule has 0 radical (unpaired) electrons. The summed E-state index contributed by atoms with van der Waals surface area (Å²) in [6.45, 7) is 7.60. The van der Waals surface area contributed by atoms with Gasteiger partial charge in [-0.05, 0) is 36.9 Å². The van der Waals surface area contributed by atoms with Gasteiger partial charge in [0.2, 0.25) is 0 Å². The molecule has 0 aromatic rings. The first-order valence-corrected chi connectivity index (χ1v) is 4.22. The highest BCUT2D eigenvalue weighted by molar-refractivity contribution is 7.86. The lowest BCUT2D eigenvalue weighted by molar-refractivity contribution is 1.20. The molecule has 0 aliphatic heterocycles. The molecule has 0 unspecified atom stereocenters. The predicted molar refractivity (Wildman–Crippen MR) is 53.4 cm³/mol. The molecule has 0 aromatic heterocycles. The Morgan fingerprint density at radius 1 is 1.64 bits per heavy atom. The Morgan fingerprint density at radius 3 is 2.64 bits per heavy atom. The van der Waals surface area contributed by atoms with Crippen LogP contribution in [0.4, 0.5) is 0 Å². The van der Waals surface area contributed by atoms with Gasteiger partial charge in [-0.1, -0.05) is 24.4 Å². The van der Waals surface area contributed by atoms with E-state index in [9.17, 15) is 0 Å². The molecule has 0 atom stereocenters. The summed E-state index contributed by atoms with van der Waals surface area (Å²) in [6, 6.07) is 0. The van der Waals surface area contributed by atoms with Crippen LogP contribution in [0.3, 0.4) is 0 Å². The molecule has 11 heavy (non-hydrogen) atoms. The number of hydrogen-bond acceptors (Lipinski definition) is 1. The second-order valence-electron chi connectivity index (χ2n) is 2.01. The van der Waals surface area contributed by atoms with Crippen LogP contribution in [0.5, 0.6) is 0 Å². The average molecular weight is 167 g/mol. The standard InChI is InChI=1S/C9H13NS/c1-5-7-9(10-11-4)8(3)6-2/h4-7,10H,1H2,2-3H3/b8-6-,9-7+. The van der Waals surface area contributed by atoms with Crippen molar-refractivity contribution in [1.82, 2.24) is 4.72 Å². The SMILES string of the molecule is C#SNC(=C/C=C)/C(C)=C\C. The first-order chi connectivity index (χ1) is 5.26. The van der Waals surface area contributed by atoms with Gasteiger partial charge in [-0.3, -0.25) is 0 Å². The second kappa shape index (κ2) is 5.78. The van der Waals surface area contributed by atoms with Gasteiger partial charge in [0.05, 0.1) is 5.70 Å². The maximum atomic E-state index is 5.26. The summed E-state index contributed by atoms with van der Waals surface area (Å²) in [7, 11) is 0. The maximum absolute atomic E-state index is 5.26. The lowest BCUT2D eigenvalue weighted by atomic mass is 10.2. The summed E-state index contributed by atoms with van der Waals surface area (Å²) in [4.78, 5) is 0. The van der Waals surface area contributed by atoms with Crippen molar-refractivity contribution in [3.8, 4) is 5.69 Å². The smallest absolute Gasteiger partial charge is 0.0508 e. The molecule has 0 aliphatic rings. The summed E-state index contributed by atoms with van der Waals surface area (Å²) in [6.07, 6.45) is 5.62. The van der Waals surface area contributed by atoms with E-state index in [2.05, 4.69) is 11.3 Å². The van der Waals surface area contributed by atoms with Crippen molar-refractivity contribution in [2.24, 2.45) is 0 Å². The molecule has 0 fully saturated rings. The zero-order chi connectivity index (χ0) is 8.69. The first-order valence-electron chi connectivity index (χ1n) is 3.34. The van der Waals surface area contributed by atoms with Gasteiger partial charge < -0.3 is 4.72 Å². The fourth-order valence-corrected chi connectivity index (χ4v) is 0.939. The van der Waals surface area contributed by atoms with Crippen molar-refractivity contribution in [2.45, 2.75) is 13.8 Å². The Hall–Kier alpha value is -0.980. The van der Waals surface area contributed by atoms with Gasteiger partial charge in [0.25, 0.3) is 0 Å². The van der Waals surface area contributed by atoms with E-state index in [1.165, 1.54) is 0 Å². The molecule has 0 rings (SSSR count). The lowest BCUT2D eigenvalue weighted by Gasteiger charge is -2.03. The highest BCUT2D eigenvalue weighted by Crippen LogP contribution is 2.06. The van der Waals surface area contributed by atoms with Gasteiger partial charge in [0.1, 0.15) is 0 Å². The van der Waals surface area contributed by atoms with E-state index in [1.807, 2.05) is 26.0 Å². The van der Waals surface area contributed by atoms with Gasteiger partial charge in [-0.2, -0.15) is 0 Å². The summed E-state index contributed by atoms with van der Waals surface area (Å²) in [5, 5.41) is 0. The third kappa shape index (κ3) is 3.66. The maximum Gasteiger partial charge on any atom is 0.0508 e. The summed E-state index contributed by atoms with van der Waals surface area (Å²) in [5.74, 6) is 0. The Bertz CT molecular complexity index is 230. The van der Waals surface area contributed by atoms with E-state index in [4.69, 9.17) is 5.69 Å². The Balaban J connectivity index is 4.50. The largest absolute Gasteiger partial charge is 0.305 e. The molecule has 2 heteroatoms. The molecule has 0 saturated carbocycles. The van der Waals surface area contributed by atoms with E-state index in [0.717, 1.165) is 22.6 Å². The van der Waals surface area contributed by atoms with Crippen LogP contribution in [-0.4, -0.2) is 0 Å². The second-order valence-corrected chi connectivity index (χ2v) is 2.45. The minimum atomic E-state index is 0.995. The van der Waals surface area contributed by atoms with E-state index in [1.54, 1.807) is 6.08 Å². The van der Waals surface area contributed by atoms with Crippen molar-refractivity contribution in [3.63, 3.8) is 0 Å². The van der Waals surface area contributed by atoms with E-state index in [0.29, 0.717) is 0 Å². The van der Waals surface area contributed by atoms with Gasteiger partial charge in [0, 0.05) is 0 Å². The number of nitrogens with one attached hydrogen (secondary N) is 1. The normalized spacial score (nSPS) is 12.5. The summed E-state index contributed by atoms with van der Waals surface area (Å²) >= 11 is 1.09. The molecule has 0 saturated heterocycles. The zero-order valence-corrected chi connectivity index (χ0v) is 7.74. The van der Waals surface area contributed by atoms with E-state index in [-0.39, 0.29) is 0 Å². The molecule has 1 N–H and O–H groups in total. The minimum absolute atomic E-state index is 0.995. The Kier molecular flexibility index (Phi) is 5.26. The molecular weight excluding hydrogens is 154 g/mol. The van der Waals surface area contributed by atoms with Crippen LogP contribution in [0.15, 0.2) is 36.1 Å². The quantitative estimate of drug-likeness (QED) is 0.503. The van der Waals surface area contributed by atoms with Crippen LogP contribution >= 0.6 is 11.4 Å². The van der Waals surface area contributed by atoms with Gasteiger partial charge in [-0.25, -0.2) is 0 Å². The molecule has 0 amide bonds. The third-order valence-corrected chi connectivity index (χ3v) is 1.65. The zero-order valence-electron chi connectivity index (χ0n) is 6.92. The fraction of sp³-hybridized carbons (Fsp3) is 0.222. The number of rotatable bonds is 3. The van der Waals surface area contributed by atoms with Crippen LogP contribution in [0, 0.1) is 5.69 Å². The number of hydrogen-bond donors (Lipinski definition) is 1. The molecule has 0 spiro atoms. The van der Waals surface area contributed by atoms with Crippen molar-refractivity contribution >= 4 is 11.4 Å². The van der Waals surface area contributed by atoms with Crippen LogP contribution in [0.25, 0.3) is 0 Å². The first kappa shape index (κ1) is 10.0. The third-order valence-electron chi connectivity index (χ3n) is 1.31. The minimum Gasteiger partial charge on any atom is -0.305 e.